The molecule has 0 aromatic heterocycles. The van der Waals surface area contributed by atoms with E-state index in [0.717, 1.165) is 12.2 Å². The van der Waals surface area contributed by atoms with Crippen LogP contribution in [0.25, 0.3) is 0 Å². The molecule has 0 fully saturated rings. The van der Waals surface area contributed by atoms with Crippen LogP contribution in [-0.2, 0) is 4.79 Å². The van der Waals surface area contributed by atoms with Gasteiger partial charge in [0.25, 0.3) is 0 Å². The smallest absolute Gasteiger partial charge is 0.159 e. The summed E-state index contributed by atoms with van der Waals surface area (Å²) in [5.41, 5.74) is 0.671. The molecule has 0 radical (unpaired) electrons. The molecule has 0 aliphatic heterocycles. The molecular formula is C10H15NOS. The van der Waals surface area contributed by atoms with Crippen molar-refractivity contribution in [2.24, 2.45) is 0 Å². The third kappa shape index (κ3) is 6.41. The van der Waals surface area contributed by atoms with Crippen LogP contribution in [0.3, 0.4) is 0 Å². The molecular weight excluding hydrogens is 182 g/mol. The Bertz CT molecular complexity index is 217. The van der Waals surface area contributed by atoms with Gasteiger partial charge in [-0.05, 0) is 24.7 Å². The van der Waals surface area contributed by atoms with Crippen molar-refractivity contribution in [3.05, 3.63) is 12.2 Å². The van der Waals surface area contributed by atoms with Gasteiger partial charge in [-0.3, -0.25) is 4.79 Å². The fourth-order valence-corrected chi connectivity index (χ4v) is 1.28. The van der Waals surface area contributed by atoms with Gasteiger partial charge in [0.1, 0.15) is 0 Å². The SMILES string of the molecule is C=C(CCCC#N)C(=O)CCSC. The summed E-state index contributed by atoms with van der Waals surface area (Å²) in [6.45, 7) is 3.71. The Balaban J connectivity index is 3.59. The Morgan fingerprint density at radius 2 is 2.23 bits per heavy atom. The van der Waals surface area contributed by atoms with Crippen LogP contribution in [0.4, 0.5) is 0 Å². The number of Topliss-reactive ketones (excluding diaryl/α,β-unsaturated/α-hetero) is 1. The lowest BCUT2D eigenvalue weighted by atomic mass is 10.1. The topological polar surface area (TPSA) is 40.9 Å². The summed E-state index contributed by atoms with van der Waals surface area (Å²) in [7, 11) is 0. The molecule has 0 amide bonds. The zero-order valence-corrected chi connectivity index (χ0v) is 8.82. The molecule has 0 N–H and O–H groups in total. The third-order valence-electron chi connectivity index (χ3n) is 1.69. The first-order valence-electron chi connectivity index (χ1n) is 4.29. The van der Waals surface area contributed by atoms with Crippen molar-refractivity contribution in [2.45, 2.75) is 25.7 Å². The van der Waals surface area contributed by atoms with Gasteiger partial charge < -0.3 is 0 Å². The summed E-state index contributed by atoms with van der Waals surface area (Å²) >= 11 is 1.66. The number of nitrogens with zero attached hydrogens (tertiary/aromatic N) is 1. The molecule has 0 saturated carbocycles. The molecule has 0 unspecified atom stereocenters. The molecule has 2 nitrogen and oxygen atoms in total. The summed E-state index contributed by atoms with van der Waals surface area (Å²) in [4.78, 5) is 11.3. The molecule has 0 aliphatic rings. The molecule has 0 bridgehead atoms. The Kier molecular flexibility index (Phi) is 7.42. The summed E-state index contributed by atoms with van der Waals surface area (Å²) in [5, 5.41) is 8.29. The zero-order valence-electron chi connectivity index (χ0n) is 8.01. The normalized spacial score (nSPS) is 9.23. The molecule has 0 rings (SSSR count). The van der Waals surface area contributed by atoms with Crippen LogP contribution >= 0.6 is 11.8 Å². The first-order valence-corrected chi connectivity index (χ1v) is 5.68. The number of allylic oxidation sites excluding steroid dienone is 1. The Morgan fingerprint density at radius 1 is 1.54 bits per heavy atom. The van der Waals surface area contributed by atoms with Crippen molar-refractivity contribution in [1.82, 2.24) is 0 Å². The summed E-state index contributed by atoms with van der Waals surface area (Å²) in [6, 6.07) is 2.05. The summed E-state index contributed by atoms with van der Waals surface area (Å²) in [6.07, 6.45) is 4.48. The van der Waals surface area contributed by atoms with Crippen LogP contribution in [0.5, 0.6) is 0 Å². The highest BCUT2D eigenvalue weighted by atomic mass is 32.2. The van der Waals surface area contributed by atoms with Gasteiger partial charge in [0.15, 0.2) is 5.78 Å². The molecule has 0 saturated heterocycles. The van der Waals surface area contributed by atoms with Gasteiger partial charge in [0.2, 0.25) is 0 Å². The molecule has 0 aromatic carbocycles. The van der Waals surface area contributed by atoms with E-state index in [1.165, 1.54) is 0 Å². The first-order chi connectivity index (χ1) is 6.22. The predicted molar refractivity (Wildman–Crippen MR) is 56.6 cm³/mol. The highest BCUT2D eigenvalue weighted by molar-refractivity contribution is 7.98. The van der Waals surface area contributed by atoms with Gasteiger partial charge in [-0.15, -0.1) is 0 Å². The predicted octanol–water partition coefficient (Wildman–Crippen LogP) is 2.56. The van der Waals surface area contributed by atoms with Gasteiger partial charge in [0.05, 0.1) is 6.07 Å². The highest BCUT2D eigenvalue weighted by Gasteiger charge is 2.05. The van der Waals surface area contributed by atoms with Gasteiger partial charge in [-0.25, -0.2) is 0 Å². The number of carbonyl (C=O) groups excluding carboxylic acids is 1. The average molecular weight is 197 g/mol. The number of hydrogen-bond acceptors (Lipinski definition) is 3. The minimum absolute atomic E-state index is 0.146. The maximum atomic E-state index is 11.3. The van der Waals surface area contributed by atoms with E-state index in [4.69, 9.17) is 5.26 Å². The van der Waals surface area contributed by atoms with E-state index in [1.807, 2.05) is 12.3 Å². The van der Waals surface area contributed by atoms with Crippen LogP contribution in [0, 0.1) is 11.3 Å². The van der Waals surface area contributed by atoms with Crippen LogP contribution in [0.2, 0.25) is 0 Å². The van der Waals surface area contributed by atoms with Gasteiger partial charge in [-0.2, -0.15) is 17.0 Å². The Hall–Kier alpha value is -0.750. The van der Waals surface area contributed by atoms with Gasteiger partial charge >= 0.3 is 0 Å². The Morgan fingerprint density at radius 3 is 2.77 bits per heavy atom. The second-order valence-electron chi connectivity index (χ2n) is 2.78. The number of carbonyl (C=O) groups is 1. The minimum Gasteiger partial charge on any atom is -0.295 e. The molecule has 72 valence electrons. The van der Waals surface area contributed by atoms with Crippen LogP contribution < -0.4 is 0 Å². The van der Waals surface area contributed by atoms with Crippen LogP contribution in [0.1, 0.15) is 25.7 Å². The monoisotopic (exact) mass is 197 g/mol. The molecule has 3 heteroatoms. The van der Waals surface area contributed by atoms with E-state index in [-0.39, 0.29) is 5.78 Å². The first kappa shape index (κ1) is 12.2. The largest absolute Gasteiger partial charge is 0.295 e. The number of rotatable bonds is 7. The second-order valence-corrected chi connectivity index (χ2v) is 3.77. The molecule has 0 aromatic rings. The maximum absolute atomic E-state index is 11.3. The number of hydrogen-bond donors (Lipinski definition) is 0. The van der Waals surface area contributed by atoms with Crippen molar-refractivity contribution in [3.8, 4) is 6.07 Å². The maximum Gasteiger partial charge on any atom is 0.159 e. The standard InChI is InChI=1S/C10H15NOS/c1-9(5-3-4-7-11)10(12)6-8-13-2/h1,3-6,8H2,2H3. The molecule has 0 aliphatic carbocycles. The van der Waals surface area contributed by atoms with Crippen LogP contribution in [-0.4, -0.2) is 17.8 Å². The lowest BCUT2D eigenvalue weighted by molar-refractivity contribution is -0.115. The lowest BCUT2D eigenvalue weighted by Gasteiger charge is -2.01. The molecule has 0 spiro atoms. The summed E-state index contributed by atoms with van der Waals surface area (Å²) in [5.74, 6) is 1.00. The van der Waals surface area contributed by atoms with Crippen molar-refractivity contribution < 1.29 is 4.79 Å². The summed E-state index contributed by atoms with van der Waals surface area (Å²) < 4.78 is 0. The van der Waals surface area contributed by atoms with Gasteiger partial charge in [0, 0.05) is 18.6 Å². The fourth-order valence-electron chi connectivity index (χ4n) is 0.892. The number of unbranched alkanes of at least 4 members (excludes halogenated alkanes) is 1. The van der Waals surface area contributed by atoms with E-state index in [1.54, 1.807) is 11.8 Å². The van der Waals surface area contributed by atoms with Crippen molar-refractivity contribution >= 4 is 17.5 Å². The zero-order chi connectivity index (χ0) is 10.1. The van der Waals surface area contributed by atoms with Crippen molar-refractivity contribution in [2.75, 3.05) is 12.0 Å². The van der Waals surface area contributed by atoms with E-state index in [2.05, 4.69) is 6.58 Å². The van der Waals surface area contributed by atoms with E-state index >= 15 is 0 Å². The van der Waals surface area contributed by atoms with E-state index in [9.17, 15) is 4.79 Å². The van der Waals surface area contributed by atoms with Crippen molar-refractivity contribution in [3.63, 3.8) is 0 Å². The van der Waals surface area contributed by atoms with Crippen LogP contribution in [0.15, 0.2) is 12.2 Å². The second kappa shape index (κ2) is 7.88. The molecule has 0 atom stereocenters. The lowest BCUT2D eigenvalue weighted by Crippen LogP contribution is -2.02. The third-order valence-corrected chi connectivity index (χ3v) is 2.31. The minimum atomic E-state index is 0.146. The van der Waals surface area contributed by atoms with E-state index in [0.29, 0.717) is 24.8 Å². The quantitative estimate of drug-likeness (QED) is 0.465. The van der Waals surface area contributed by atoms with Gasteiger partial charge in [-0.1, -0.05) is 6.58 Å². The highest BCUT2D eigenvalue weighted by Crippen LogP contribution is 2.09. The van der Waals surface area contributed by atoms with Crippen molar-refractivity contribution in [1.29, 1.82) is 5.26 Å². The number of ketones is 1. The Labute approximate surface area is 84.0 Å². The number of thioether (sulfide) groups is 1. The fraction of sp³-hybridized carbons (Fsp3) is 0.600. The molecule has 0 heterocycles. The molecule has 13 heavy (non-hydrogen) atoms. The average Bonchev–Trinajstić information content (AvgIpc) is 2.14. The van der Waals surface area contributed by atoms with E-state index < -0.39 is 0 Å². The number of nitriles is 1.